The van der Waals surface area contributed by atoms with Crippen molar-refractivity contribution in [3.8, 4) is 0 Å². The lowest BCUT2D eigenvalue weighted by Crippen LogP contribution is -2.38. The van der Waals surface area contributed by atoms with Gasteiger partial charge in [-0.3, -0.25) is 4.79 Å². The fourth-order valence-electron chi connectivity index (χ4n) is 1.42. The van der Waals surface area contributed by atoms with Gasteiger partial charge in [0, 0.05) is 6.04 Å². The first kappa shape index (κ1) is 8.46. The molecule has 1 aliphatic carbocycles. The summed E-state index contributed by atoms with van der Waals surface area (Å²) >= 11 is 0. The lowest BCUT2D eigenvalue weighted by molar-refractivity contribution is -0.145. The summed E-state index contributed by atoms with van der Waals surface area (Å²) in [5, 5.41) is 8.53. The zero-order valence-corrected chi connectivity index (χ0v) is 6.16. The van der Waals surface area contributed by atoms with Crippen molar-refractivity contribution >= 4 is 5.97 Å². The van der Waals surface area contributed by atoms with E-state index in [9.17, 15) is 9.18 Å². The van der Waals surface area contributed by atoms with Crippen LogP contribution >= 0.6 is 0 Å². The van der Waals surface area contributed by atoms with Gasteiger partial charge in [-0.1, -0.05) is 0 Å². The summed E-state index contributed by atoms with van der Waals surface area (Å²) in [7, 11) is 0. The number of hydrogen-bond acceptors (Lipinski definition) is 2. The van der Waals surface area contributed by atoms with Gasteiger partial charge in [-0.15, -0.1) is 0 Å². The zero-order chi connectivity index (χ0) is 8.43. The van der Waals surface area contributed by atoms with Crippen molar-refractivity contribution in [2.45, 2.75) is 31.5 Å². The Hall–Kier alpha value is -0.640. The van der Waals surface area contributed by atoms with Gasteiger partial charge in [-0.2, -0.15) is 0 Å². The van der Waals surface area contributed by atoms with Crippen LogP contribution < -0.4 is 5.73 Å². The summed E-state index contributed by atoms with van der Waals surface area (Å²) in [6, 6.07) is -0.136. The molecule has 0 aliphatic heterocycles. The third-order valence-electron chi connectivity index (χ3n) is 2.12. The summed E-state index contributed by atoms with van der Waals surface area (Å²) in [6.45, 7) is 0. The van der Waals surface area contributed by atoms with Crippen LogP contribution in [0.5, 0.6) is 0 Å². The van der Waals surface area contributed by atoms with Crippen molar-refractivity contribution in [3.63, 3.8) is 0 Å². The molecule has 0 aromatic rings. The molecule has 0 aromatic carbocycles. The van der Waals surface area contributed by atoms with Crippen molar-refractivity contribution in [1.82, 2.24) is 0 Å². The molecule has 0 aromatic heterocycles. The fourth-order valence-corrected chi connectivity index (χ4v) is 1.42. The van der Waals surface area contributed by atoms with Crippen LogP contribution in [0.1, 0.15) is 19.3 Å². The van der Waals surface area contributed by atoms with E-state index in [1.165, 1.54) is 0 Å². The number of rotatable bonds is 1. The van der Waals surface area contributed by atoms with Crippen molar-refractivity contribution in [2.75, 3.05) is 0 Å². The van der Waals surface area contributed by atoms with Gasteiger partial charge in [0.1, 0.15) is 6.17 Å². The van der Waals surface area contributed by atoms with Gasteiger partial charge in [-0.05, 0) is 19.3 Å². The molecule has 64 valence electrons. The van der Waals surface area contributed by atoms with Gasteiger partial charge >= 0.3 is 5.97 Å². The zero-order valence-electron chi connectivity index (χ0n) is 6.16. The minimum absolute atomic E-state index is 0.136. The number of carboxylic acid groups (broad SMARTS) is 1. The molecule has 3 atom stereocenters. The first-order chi connectivity index (χ1) is 5.11. The number of nitrogens with two attached hydrogens (primary N) is 1. The van der Waals surface area contributed by atoms with Crippen LogP contribution in [-0.2, 0) is 4.79 Å². The van der Waals surface area contributed by atoms with Gasteiger partial charge in [-0.25, -0.2) is 4.39 Å². The summed E-state index contributed by atoms with van der Waals surface area (Å²) in [6.07, 6.45) is -0.0353. The highest BCUT2D eigenvalue weighted by Gasteiger charge is 2.33. The van der Waals surface area contributed by atoms with E-state index in [1.807, 2.05) is 0 Å². The van der Waals surface area contributed by atoms with E-state index in [2.05, 4.69) is 0 Å². The molecule has 3 unspecified atom stereocenters. The number of carbonyl (C=O) groups is 1. The molecule has 0 saturated heterocycles. The Morgan fingerprint density at radius 1 is 1.55 bits per heavy atom. The highest BCUT2D eigenvalue weighted by Crippen LogP contribution is 2.26. The second-order valence-electron chi connectivity index (χ2n) is 3.03. The molecule has 1 saturated carbocycles. The second-order valence-corrected chi connectivity index (χ2v) is 3.03. The van der Waals surface area contributed by atoms with Gasteiger partial charge in [0.25, 0.3) is 0 Å². The molecular formula is C7H12FNO2. The van der Waals surface area contributed by atoms with Crippen LogP contribution in [-0.4, -0.2) is 23.3 Å². The second kappa shape index (κ2) is 3.17. The Bertz CT molecular complexity index is 163. The average molecular weight is 161 g/mol. The fraction of sp³-hybridized carbons (Fsp3) is 0.857. The maximum absolute atomic E-state index is 12.8. The van der Waals surface area contributed by atoms with E-state index in [4.69, 9.17) is 10.8 Å². The number of halogens is 1. The topological polar surface area (TPSA) is 63.3 Å². The maximum atomic E-state index is 12.8. The Kier molecular flexibility index (Phi) is 2.44. The van der Waals surface area contributed by atoms with E-state index in [0.29, 0.717) is 6.42 Å². The predicted octanol–water partition coefficient (Wildman–Crippen LogP) is 0.536. The summed E-state index contributed by atoms with van der Waals surface area (Å²) in [5.41, 5.74) is 5.50. The number of alkyl halides is 1. The largest absolute Gasteiger partial charge is 0.481 e. The van der Waals surface area contributed by atoms with Gasteiger partial charge in [0.15, 0.2) is 0 Å². The summed E-state index contributed by atoms with van der Waals surface area (Å²) in [4.78, 5) is 10.4. The first-order valence-corrected chi connectivity index (χ1v) is 3.73. The first-order valence-electron chi connectivity index (χ1n) is 3.73. The van der Waals surface area contributed by atoms with Crippen molar-refractivity contribution < 1.29 is 14.3 Å². The van der Waals surface area contributed by atoms with Crippen LogP contribution in [0.3, 0.4) is 0 Å². The highest BCUT2D eigenvalue weighted by molar-refractivity contribution is 5.70. The number of carboxylic acids is 1. The van der Waals surface area contributed by atoms with Crippen molar-refractivity contribution in [2.24, 2.45) is 11.7 Å². The third-order valence-corrected chi connectivity index (χ3v) is 2.12. The quantitative estimate of drug-likeness (QED) is 0.589. The Morgan fingerprint density at radius 3 is 2.64 bits per heavy atom. The molecule has 1 rings (SSSR count). The number of aliphatic carboxylic acids is 1. The molecular weight excluding hydrogens is 149 g/mol. The molecule has 3 N–H and O–H groups in total. The van der Waals surface area contributed by atoms with E-state index in [1.54, 1.807) is 0 Å². The lowest BCUT2D eigenvalue weighted by atomic mass is 9.85. The standard InChI is InChI=1S/C7H12FNO2/c8-6-2-1-4(9)3-5(6)7(10)11/h4-6H,1-3,9H2,(H,10,11). The van der Waals surface area contributed by atoms with Crippen LogP contribution in [0.25, 0.3) is 0 Å². The highest BCUT2D eigenvalue weighted by atomic mass is 19.1. The smallest absolute Gasteiger partial charge is 0.309 e. The molecule has 0 heterocycles. The maximum Gasteiger partial charge on any atom is 0.309 e. The molecule has 4 heteroatoms. The Morgan fingerprint density at radius 2 is 2.18 bits per heavy atom. The van der Waals surface area contributed by atoms with Crippen molar-refractivity contribution in [1.29, 1.82) is 0 Å². The normalized spacial score (nSPS) is 38.5. The molecule has 1 fully saturated rings. The Balaban J connectivity index is 2.54. The molecule has 3 nitrogen and oxygen atoms in total. The SMILES string of the molecule is NC1CCC(F)C(C(=O)O)C1. The lowest BCUT2D eigenvalue weighted by Gasteiger charge is -2.26. The summed E-state index contributed by atoms with van der Waals surface area (Å²) < 4.78 is 12.8. The molecule has 11 heavy (non-hydrogen) atoms. The van der Waals surface area contributed by atoms with Crippen LogP contribution in [0.4, 0.5) is 4.39 Å². The van der Waals surface area contributed by atoms with Crippen LogP contribution in [0, 0.1) is 5.92 Å². The van der Waals surface area contributed by atoms with E-state index < -0.39 is 18.1 Å². The molecule has 1 aliphatic rings. The van der Waals surface area contributed by atoms with E-state index in [0.717, 1.165) is 0 Å². The Labute approximate surface area is 64.4 Å². The summed E-state index contributed by atoms with van der Waals surface area (Å²) in [5.74, 6) is -1.94. The molecule has 0 bridgehead atoms. The van der Waals surface area contributed by atoms with Crippen molar-refractivity contribution in [3.05, 3.63) is 0 Å². The molecule has 0 spiro atoms. The van der Waals surface area contributed by atoms with Crippen LogP contribution in [0.15, 0.2) is 0 Å². The monoisotopic (exact) mass is 161 g/mol. The van der Waals surface area contributed by atoms with Gasteiger partial charge in [0.2, 0.25) is 0 Å². The average Bonchev–Trinajstić information content (AvgIpc) is 1.94. The third kappa shape index (κ3) is 1.89. The number of hydrogen-bond donors (Lipinski definition) is 2. The molecule has 0 radical (unpaired) electrons. The van der Waals surface area contributed by atoms with Gasteiger partial charge < -0.3 is 10.8 Å². The minimum atomic E-state index is -1.20. The van der Waals surface area contributed by atoms with Gasteiger partial charge in [0.05, 0.1) is 5.92 Å². The molecule has 0 amide bonds. The minimum Gasteiger partial charge on any atom is -0.481 e. The van der Waals surface area contributed by atoms with E-state index >= 15 is 0 Å². The predicted molar refractivity (Wildman–Crippen MR) is 37.8 cm³/mol. The van der Waals surface area contributed by atoms with Crippen LogP contribution in [0.2, 0.25) is 0 Å². The van der Waals surface area contributed by atoms with E-state index in [-0.39, 0.29) is 18.9 Å².